The second kappa shape index (κ2) is 9.75. The van der Waals surface area contributed by atoms with Gasteiger partial charge in [0, 0.05) is 22.7 Å². The number of aryl methyl sites for hydroxylation is 1. The Labute approximate surface area is 214 Å². The number of benzene rings is 2. The number of anilines is 1. The lowest BCUT2D eigenvalue weighted by Gasteiger charge is -2.33. The van der Waals surface area contributed by atoms with Crippen LogP contribution >= 0.6 is 11.6 Å². The van der Waals surface area contributed by atoms with E-state index in [1.807, 2.05) is 19.1 Å². The number of aliphatic hydroxyl groups excluding tert-OH is 1. The monoisotopic (exact) mass is 511 g/mol. The van der Waals surface area contributed by atoms with E-state index < -0.39 is 12.2 Å². The zero-order valence-electron chi connectivity index (χ0n) is 20.4. The molecule has 2 heterocycles. The third-order valence-corrected chi connectivity index (χ3v) is 7.92. The number of nitrogens with zero attached hydrogens (tertiary/aromatic N) is 3. The highest BCUT2D eigenvalue weighted by Gasteiger charge is 2.35. The van der Waals surface area contributed by atoms with E-state index in [4.69, 9.17) is 21.3 Å². The number of methoxy groups -OCH3 is 1. The summed E-state index contributed by atoms with van der Waals surface area (Å²) in [4.78, 5) is 30.8. The van der Waals surface area contributed by atoms with Crippen molar-refractivity contribution in [1.29, 1.82) is 0 Å². The van der Waals surface area contributed by atoms with Gasteiger partial charge in [0.05, 0.1) is 29.7 Å². The van der Waals surface area contributed by atoms with Crippen LogP contribution in [0.3, 0.4) is 0 Å². The van der Waals surface area contributed by atoms with Crippen LogP contribution in [0.25, 0.3) is 11.0 Å². The SMILES string of the molecule is COC(=O)[C@@H]1CCC[C@@H](n2c(C(O)c3ccc(Cl)cc3)nc3c4c(ccc32)N(C(=O)O)[C@@H](C)CC4)C1. The van der Waals surface area contributed by atoms with Crippen LogP contribution in [0.1, 0.15) is 68.1 Å². The van der Waals surface area contributed by atoms with Crippen molar-refractivity contribution in [2.24, 2.45) is 5.92 Å². The first-order valence-electron chi connectivity index (χ1n) is 12.4. The lowest BCUT2D eigenvalue weighted by atomic mass is 9.85. The van der Waals surface area contributed by atoms with Crippen molar-refractivity contribution in [2.75, 3.05) is 12.0 Å². The molecule has 9 heteroatoms. The van der Waals surface area contributed by atoms with Gasteiger partial charge in [0.25, 0.3) is 0 Å². The molecule has 8 nitrogen and oxygen atoms in total. The molecule has 2 aromatic carbocycles. The number of hydrogen-bond acceptors (Lipinski definition) is 5. The van der Waals surface area contributed by atoms with Crippen molar-refractivity contribution >= 4 is 40.4 Å². The highest BCUT2D eigenvalue weighted by atomic mass is 35.5. The van der Waals surface area contributed by atoms with Gasteiger partial charge < -0.3 is 19.5 Å². The van der Waals surface area contributed by atoms with Gasteiger partial charge in [-0.25, -0.2) is 9.78 Å². The van der Waals surface area contributed by atoms with Crippen molar-refractivity contribution in [3.63, 3.8) is 0 Å². The molecule has 190 valence electrons. The average molecular weight is 512 g/mol. The van der Waals surface area contributed by atoms with E-state index in [9.17, 15) is 19.8 Å². The third kappa shape index (κ3) is 4.22. The number of imidazole rings is 1. The van der Waals surface area contributed by atoms with Gasteiger partial charge in [0.1, 0.15) is 11.9 Å². The Hall–Kier alpha value is -3.10. The van der Waals surface area contributed by atoms with Crippen LogP contribution in [0.5, 0.6) is 0 Å². The first-order valence-corrected chi connectivity index (χ1v) is 12.7. The molecule has 0 bridgehead atoms. The third-order valence-electron chi connectivity index (χ3n) is 7.66. The lowest BCUT2D eigenvalue weighted by Crippen LogP contribution is -2.41. The van der Waals surface area contributed by atoms with Crippen molar-refractivity contribution in [2.45, 2.75) is 63.6 Å². The van der Waals surface area contributed by atoms with Crippen LogP contribution < -0.4 is 4.90 Å². The molecule has 1 amide bonds. The number of hydrogen-bond donors (Lipinski definition) is 2. The topological polar surface area (TPSA) is 105 Å². The number of rotatable bonds is 4. The van der Waals surface area contributed by atoms with Crippen LogP contribution in [-0.2, 0) is 16.0 Å². The van der Waals surface area contributed by atoms with Crippen LogP contribution in [-0.4, -0.2) is 45.0 Å². The summed E-state index contributed by atoms with van der Waals surface area (Å²) in [5.74, 6) is 0.0526. The number of fused-ring (bicyclic) bond motifs is 3. The molecule has 0 spiro atoms. The van der Waals surface area contributed by atoms with Crippen LogP contribution in [0.4, 0.5) is 10.5 Å². The first-order chi connectivity index (χ1) is 17.3. The molecule has 4 atom stereocenters. The summed E-state index contributed by atoms with van der Waals surface area (Å²) in [5.41, 5.74) is 3.71. The normalized spacial score (nSPS) is 22.8. The quantitative estimate of drug-likeness (QED) is 0.448. The summed E-state index contributed by atoms with van der Waals surface area (Å²) < 4.78 is 7.10. The maximum atomic E-state index is 12.4. The molecule has 2 N–H and O–H groups in total. The number of carbonyl (C=O) groups excluding carboxylic acids is 1. The number of aromatic nitrogens is 2. The fourth-order valence-corrected chi connectivity index (χ4v) is 5.98. The molecule has 1 aliphatic carbocycles. The smallest absolute Gasteiger partial charge is 0.412 e. The Morgan fingerprint density at radius 2 is 1.89 bits per heavy atom. The number of carboxylic acid groups (broad SMARTS) is 1. The molecule has 2 aliphatic rings. The number of amides is 1. The summed E-state index contributed by atoms with van der Waals surface area (Å²) in [6.07, 6.45) is 2.44. The van der Waals surface area contributed by atoms with E-state index in [2.05, 4.69) is 4.57 Å². The molecule has 1 saturated carbocycles. The van der Waals surface area contributed by atoms with E-state index in [1.165, 1.54) is 12.0 Å². The van der Waals surface area contributed by atoms with E-state index in [1.54, 1.807) is 24.3 Å². The minimum Gasteiger partial charge on any atom is -0.469 e. The Bertz CT molecular complexity index is 1300. The highest BCUT2D eigenvalue weighted by molar-refractivity contribution is 6.30. The Morgan fingerprint density at radius 1 is 1.14 bits per heavy atom. The fourth-order valence-electron chi connectivity index (χ4n) is 5.86. The van der Waals surface area contributed by atoms with Gasteiger partial charge >= 0.3 is 12.1 Å². The van der Waals surface area contributed by atoms with Gasteiger partial charge in [-0.3, -0.25) is 9.69 Å². The average Bonchev–Trinajstić information content (AvgIpc) is 3.27. The van der Waals surface area contributed by atoms with Crippen molar-refractivity contribution < 1.29 is 24.5 Å². The molecule has 5 rings (SSSR count). The van der Waals surface area contributed by atoms with E-state index in [0.717, 1.165) is 30.3 Å². The molecule has 1 unspecified atom stereocenters. The molecule has 0 saturated heterocycles. The van der Waals surface area contributed by atoms with E-state index >= 15 is 0 Å². The number of ether oxygens (including phenoxy) is 1. The zero-order chi connectivity index (χ0) is 25.6. The summed E-state index contributed by atoms with van der Waals surface area (Å²) in [5, 5.41) is 21.9. The predicted octanol–water partition coefficient (Wildman–Crippen LogP) is 5.49. The Balaban J connectivity index is 1.68. The number of aliphatic hydroxyl groups is 1. The van der Waals surface area contributed by atoms with E-state index in [0.29, 0.717) is 46.9 Å². The molecule has 36 heavy (non-hydrogen) atoms. The number of halogens is 1. The minimum absolute atomic E-state index is 0.0547. The Morgan fingerprint density at radius 3 is 2.58 bits per heavy atom. The van der Waals surface area contributed by atoms with Crippen molar-refractivity contribution in [3.05, 3.63) is 58.4 Å². The maximum absolute atomic E-state index is 12.4. The second-order valence-corrected chi connectivity index (χ2v) is 10.2. The van der Waals surface area contributed by atoms with Gasteiger partial charge in [0.2, 0.25) is 0 Å². The van der Waals surface area contributed by atoms with Gasteiger partial charge in [-0.2, -0.15) is 0 Å². The molecule has 0 radical (unpaired) electrons. The molecular weight excluding hydrogens is 482 g/mol. The van der Waals surface area contributed by atoms with Crippen LogP contribution in [0.2, 0.25) is 5.02 Å². The van der Waals surface area contributed by atoms with Gasteiger partial charge in [-0.05, 0) is 68.9 Å². The maximum Gasteiger partial charge on any atom is 0.412 e. The largest absolute Gasteiger partial charge is 0.469 e. The van der Waals surface area contributed by atoms with Gasteiger partial charge in [-0.15, -0.1) is 0 Å². The predicted molar refractivity (Wildman–Crippen MR) is 137 cm³/mol. The first kappa shape index (κ1) is 24.6. The molecule has 1 aromatic heterocycles. The lowest BCUT2D eigenvalue weighted by molar-refractivity contribution is -0.147. The van der Waals surface area contributed by atoms with Crippen molar-refractivity contribution in [1.82, 2.24) is 9.55 Å². The van der Waals surface area contributed by atoms with Crippen molar-refractivity contribution in [3.8, 4) is 0 Å². The molecule has 3 aromatic rings. The molecule has 1 fully saturated rings. The number of carbonyl (C=O) groups is 2. The van der Waals surface area contributed by atoms with Gasteiger partial charge in [0.15, 0.2) is 0 Å². The summed E-state index contributed by atoms with van der Waals surface area (Å²) in [7, 11) is 1.41. The second-order valence-electron chi connectivity index (χ2n) is 9.81. The van der Waals surface area contributed by atoms with Crippen LogP contribution in [0, 0.1) is 5.92 Å². The highest BCUT2D eigenvalue weighted by Crippen LogP contribution is 2.42. The zero-order valence-corrected chi connectivity index (χ0v) is 21.1. The molecular formula is C27H30ClN3O5. The molecule has 1 aliphatic heterocycles. The summed E-state index contributed by atoms with van der Waals surface area (Å²) >= 11 is 6.07. The van der Waals surface area contributed by atoms with Gasteiger partial charge in [-0.1, -0.05) is 30.2 Å². The summed E-state index contributed by atoms with van der Waals surface area (Å²) in [6.45, 7) is 1.91. The number of esters is 1. The standard InChI is InChI=1S/C27H30ClN3O5/c1-15-6-11-20-21(30(15)27(34)35)12-13-22-23(20)29-25(24(32)16-7-9-18(28)10-8-16)31(22)19-5-3-4-17(14-19)26(33)36-2/h7-10,12-13,15,17,19,24,32H,3-6,11,14H2,1-2H3,(H,34,35)/t15-,17+,19+,24?/m0/s1. The van der Waals surface area contributed by atoms with E-state index in [-0.39, 0.29) is 24.0 Å². The minimum atomic E-state index is -1.01. The summed E-state index contributed by atoms with van der Waals surface area (Å²) in [6, 6.07) is 10.6. The fraction of sp³-hybridized carbons (Fsp3) is 0.444. The Kier molecular flexibility index (Phi) is 6.66. The van der Waals surface area contributed by atoms with Crippen LogP contribution in [0.15, 0.2) is 36.4 Å².